The van der Waals surface area contributed by atoms with Crippen molar-refractivity contribution in [1.82, 2.24) is 4.72 Å². The number of aryl methyl sites for hydroxylation is 1. The highest BCUT2D eigenvalue weighted by Crippen LogP contribution is 2.20. The summed E-state index contributed by atoms with van der Waals surface area (Å²) in [5.41, 5.74) is 1.56. The Kier molecular flexibility index (Phi) is 4.78. The second kappa shape index (κ2) is 6.39. The topological polar surface area (TPSA) is 70.0 Å². The molecule has 2 aromatic carbocycles. The monoisotopic (exact) mass is 364 g/mol. The first-order valence-corrected chi connectivity index (χ1v) is 8.44. The molecule has 0 heterocycles. The zero-order valence-electron chi connectivity index (χ0n) is 11.2. The van der Waals surface area contributed by atoms with Crippen LogP contribution < -0.4 is 4.72 Å². The van der Waals surface area contributed by atoms with Gasteiger partial charge in [0.05, 0.1) is 11.0 Å². The van der Waals surface area contributed by atoms with Gasteiger partial charge in [-0.2, -0.15) is 9.98 Å². The van der Waals surface area contributed by atoms with Crippen LogP contribution in [0.4, 0.5) is 0 Å². The second-order valence-corrected chi connectivity index (χ2v) is 7.18. The summed E-state index contributed by atoms with van der Waals surface area (Å²) in [5.74, 6) is 0. The number of nitriles is 1. The second-order valence-electron chi connectivity index (χ2n) is 4.55. The van der Waals surface area contributed by atoms with Gasteiger partial charge in [-0.15, -0.1) is 0 Å². The van der Waals surface area contributed by atoms with Gasteiger partial charge in [0.15, 0.2) is 0 Å². The van der Waals surface area contributed by atoms with Crippen molar-refractivity contribution in [3.8, 4) is 6.07 Å². The minimum atomic E-state index is -3.74. The van der Waals surface area contributed by atoms with E-state index in [9.17, 15) is 13.7 Å². The fraction of sp³-hybridized carbons (Fsp3) is 0.133. The Labute approximate surface area is 132 Å². The quantitative estimate of drug-likeness (QED) is 0.904. The molecule has 1 unspecified atom stereocenters. The van der Waals surface area contributed by atoms with Gasteiger partial charge in [-0.3, -0.25) is 0 Å². The number of benzene rings is 2. The molecule has 1 N–H and O–H groups in total. The van der Waals surface area contributed by atoms with Crippen LogP contribution in [0.1, 0.15) is 17.2 Å². The molecule has 2 aromatic rings. The molecule has 0 aliphatic heterocycles. The lowest BCUT2D eigenvalue weighted by molar-refractivity contribution is 0.575. The highest BCUT2D eigenvalue weighted by atomic mass is 79.9. The molecule has 0 saturated heterocycles. The van der Waals surface area contributed by atoms with E-state index < -0.39 is 16.1 Å². The van der Waals surface area contributed by atoms with E-state index >= 15 is 0 Å². The summed E-state index contributed by atoms with van der Waals surface area (Å²) in [5, 5.41) is 9.23. The standard InChI is InChI=1S/C15H13BrN2O2S/c1-11-5-7-14(8-6-11)21(19,20)18-15(10-17)12-3-2-4-13(16)9-12/h2-9,15,18H,1H3. The lowest BCUT2D eigenvalue weighted by Gasteiger charge is -2.13. The summed E-state index contributed by atoms with van der Waals surface area (Å²) < 4.78 is 27.8. The number of nitrogens with one attached hydrogen (secondary N) is 1. The van der Waals surface area contributed by atoms with Crippen LogP contribution in [-0.4, -0.2) is 8.42 Å². The zero-order chi connectivity index (χ0) is 15.5. The Balaban J connectivity index is 2.30. The van der Waals surface area contributed by atoms with E-state index in [0.29, 0.717) is 5.56 Å². The number of halogens is 1. The number of nitrogens with zero attached hydrogens (tertiary/aromatic N) is 1. The molecular formula is C15H13BrN2O2S. The summed E-state index contributed by atoms with van der Waals surface area (Å²) in [6.07, 6.45) is 0. The Morgan fingerprint density at radius 1 is 1.19 bits per heavy atom. The summed E-state index contributed by atoms with van der Waals surface area (Å²) in [4.78, 5) is 0.142. The van der Waals surface area contributed by atoms with Crippen molar-refractivity contribution in [3.63, 3.8) is 0 Å². The van der Waals surface area contributed by atoms with Crippen molar-refractivity contribution in [2.45, 2.75) is 17.9 Å². The van der Waals surface area contributed by atoms with Gasteiger partial charge < -0.3 is 0 Å². The van der Waals surface area contributed by atoms with Crippen molar-refractivity contribution in [2.75, 3.05) is 0 Å². The molecule has 0 spiro atoms. The maximum atomic E-state index is 12.3. The summed E-state index contributed by atoms with van der Waals surface area (Å²) in [6.45, 7) is 1.88. The zero-order valence-corrected chi connectivity index (χ0v) is 13.6. The predicted molar refractivity (Wildman–Crippen MR) is 84.0 cm³/mol. The molecule has 0 amide bonds. The minimum Gasteiger partial charge on any atom is -0.207 e. The van der Waals surface area contributed by atoms with Gasteiger partial charge in [-0.25, -0.2) is 8.42 Å². The van der Waals surface area contributed by atoms with Crippen LogP contribution in [0.15, 0.2) is 57.9 Å². The van der Waals surface area contributed by atoms with Crippen LogP contribution in [0.3, 0.4) is 0 Å². The fourth-order valence-electron chi connectivity index (χ4n) is 1.80. The Bertz CT molecular complexity index is 780. The van der Waals surface area contributed by atoms with Crippen LogP contribution in [0.25, 0.3) is 0 Å². The first kappa shape index (κ1) is 15.7. The van der Waals surface area contributed by atoms with Gasteiger partial charge in [0.25, 0.3) is 0 Å². The Hall–Kier alpha value is -1.68. The van der Waals surface area contributed by atoms with Crippen LogP contribution in [0, 0.1) is 18.3 Å². The normalized spacial score (nSPS) is 12.6. The van der Waals surface area contributed by atoms with E-state index in [1.165, 1.54) is 12.1 Å². The molecule has 108 valence electrons. The summed E-state index contributed by atoms with van der Waals surface area (Å²) >= 11 is 3.31. The largest absolute Gasteiger partial charge is 0.241 e. The molecule has 6 heteroatoms. The molecule has 21 heavy (non-hydrogen) atoms. The van der Waals surface area contributed by atoms with Gasteiger partial charge >= 0.3 is 0 Å². The summed E-state index contributed by atoms with van der Waals surface area (Å²) in [6, 6.07) is 14.5. The fourth-order valence-corrected chi connectivity index (χ4v) is 3.34. The maximum absolute atomic E-state index is 12.3. The molecule has 2 rings (SSSR count). The van der Waals surface area contributed by atoms with E-state index in [2.05, 4.69) is 20.7 Å². The van der Waals surface area contributed by atoms with Gasteiger partial charge in [0, 0.05) is 4.47 Å². The minimum absolute atomic E-state index is 0.142. The molecule has 0 saturated carbocycles. The number of hydrogen-bond donors (Lipinski definition) is 1. The van der Waals surface area contributed by atoms with Crippen molar-refractivity contribution in [3.05, 3.63) is 64.1 Å². The van der Waals surface area contributed by atoms with Crippen molar-refractivity contribution in [2.24, 2.45) is 0 Å². The molecular weight excluding hydrogens is 352 g/mol. The van der Waals surface area contributed by atoms with Crippen LogP contribution in [0.2, 0.25) is 0 Å². The molecule has 0 radical (unpaired) electrons. The van der Waals surface area contributed by atoms with Crippen molar-refractivity contribution >= 4 is 26.0 Å². The third-order valence-corrected chi connectivity index (χ3v) is 4.85. The molecule has 0 fully saturated rings. The van der Waals surface area contributed by atoms with Gasteiger partial charge in [-0.05, 0) is 36.8 Å². The van der Waals surface area contributed by atoms with Crippen LogP contribution in [-0.2, 0) is 10.0 Å². The highest BCUT2D eigenvalue weighted by Gasteiger charge is 2.21. The summed E-state index contributed by atoms with van der Waals surface area (Å²) in [7, 11) is -3.74. The van der Waals surface area contributed by atoms with Gasteiger partial charge in [0.1, 0.15) is 6.04 Å². The van der Waals surface area contributed by atoms with E-state index in [-0.39, 0.29) is 4.90 Å². The number of sulfonamides is 1. The first-order chi connectivity index (χ1) is 9.92. The molecule has 0 bridgehead atoms. The molecule has 0 aromatic heterocycles. The first-order valence-electron chi connectivity index (χ1n) is 6.16. The van der Waals surface area contributed by atoms with E-state index in [0.717, 1.165) is 10.0 Å². The molecule has 4 nitrogen and oxygen atoms in total. The average Bonchev–Trinajstić information content (AvgIpc) is 2.45. The molecule has 0 aliphatic carbocycles. The predicted octanol–water partition coefficient (Wildman–Crippen LogP) is 3.30. The number of hydrogen-bond acceptors (Lipinski definition) is 3. The smallest absolute Gasteiger partial charge is 0.207 e. The van der Waals surface area contributed by atoms with Crippen LogP contribution in [0.5, 0.6) is 0 Å². The third kappa shape index (κ3) is 3.91. The van der Waals surface area contributed by atoms with E-state index in [1.807, 2.05) is 19.1 Å². The van der Waals surface area contributed by atoms with E-state index in [4.69, 9.17) is 0 Å². The van der Waals surface area contributed by atoms with Gasteiger partial charge in [-0.1, -0.05) is 45.8 Å². The van der Waals surface area contributed by atoms with Crippen molar-refractivity contribution < 1.29 is 8.42 Å². The third-order valence-electron chi connectivity index (χ3n) is 2.92. The number of rotatable bonds is 4. The van der Waals surface area contributed by atoms with Crippen molar-refractivity contribution in [1.29, 1.82) is 5.26 Å². The van der Waals surface area contributed by atoms with Crippen LogP contribution >= 0.6 is 15.9 Å². The lowest BCUT2D eigenvalue weighted by Crippen LogP contribution is -2.27. The molecule has 0 aliphatic rings. The lowest BCUT2D eigenvalue weighted by atomic mass is 10.1. The maximum Gasteiger partial charge on any atom is 0.241 e. The Morgan fingerprint density at radius 3 is 2.43 bits per heavy atom. The Morgan fingerprint density at radius 2 is 1.86 bits per heavy atom. The SMILES string of the molecule is Cc1ccc(S(=O)(=O)NC(C#N)c2cccc(Br)c2)cc1. The molecule has 1 atom stereocenters. The highest BCUT2D eigenvalue weighted by molar-refractivity contribution is 9.10. The van der Waals surface area contributed by atoms with E-state index in [1.54, 1.807) is 30.3 Å². The average molecular weight is 365 g/mol. The van der Waals surface area contributed by atoms with Gasteiger partial charge in [0.2, 0.25) is 10.0 Å².